The molecule has 19 heavy (non-hydrogen) atoms. The number of hydrogen-bond acceptors (Lipinski definition) is 5. The molecular formula is C12H23NO5S. The van der Waals surface area contributed by atoms with E-state index >= 15 is 0 Å². The minimum Gasteiger partial charge on any atom is -0.458 e. The van der Waals surface area contributed by atoms with E-state index in [2.05, 4.69) is 5.32 Å². The van der Waals surface area contributed by atoms with E-state index in [0.717, 1.165) is 6.26 Å². The molecule has 0 spiro atoms. The van der Waals surface area contributed by atoms with Crippen molar-refractivity contribution in [2.24, 2.45) is 0 Å². The molecule has 112 valence electrons. The van der Waals surface area contributed by atoms with E-state index in [1.54, 1.807) is 20.8 Å². The molecule has 0 heterocycles. The quantitative estimate of drug-likeness (QED) is 0.769. The number of carbonyl (C=O) groups is 2. The van der Waals surface area contributed by atoms with Crippen LogP contribution in [0.15, 0.2) is 0 Å². The molecular weight excluding hydrogens is 270 g/mol. The average Bonchev–Trinajstić information content (AvgIpc) is 2.12. The Kier molecular flexibility index (Phi) is 5.16. The van der Waals surface area contributed by atoms with Gasteiger partial charge in [-0.05, 0) is 41.5 Å². The van der Waals surface area contributed by atoms with Gasteiger partial charge in [0, 0.05) is 6.26 Å². The van der Waals surface area contributed by atoms with Gasteiger partial charge in [0.05, 0.1) is 0 Å². The Bertz CT molecular complexity index is 459. The molecule has 1 atom stereocenters. The van der Waals surface area contributed by atoms with Crippen LogP contribution in [0, 0.1) is 0 Å². The van der Waals surface area contributed by atoms with Crippen LogP contribution in [0.4, 0.5) is 0 Å². The predicted octanol–water partition coefficient (Wildman–Crippen LogP) is 0.656. The summed E-state index contributed by atoms with van der Waals surface area (Å²) in [6.07, 6.45) is 0.977. The number of hydrogen-bond donors (Lipinski definition) is 1. The Morgan fingerprint density at radius 2 is 1.53 bits per heavy atom. The van der Waals surface area contributed by atoms with Crippen molar-refractivity contribution >= 4 is 21.7 Å². The second-order valence-electron chi connectivity index (χ2n) is 6.01. The first-order valence-corrected chi connectivity index (χ1v) is 7.81. The highest BCUT2D eigenvalue weighted by Crippen LogP contribution is 2.16. The van der Waals surface area contributed by atoms with Crippen molar-refractivity contribution in [1.29, 1.82) is 0 Å². The molecule has 0 aliphatic heterocycles. The number of nitrogens with one attached hydrogen (secondary N) is 1. The van der Waals surface area contributed by atoms with Crippen LogP contribution in [0.5, 0.6) is 0 Å². The summed E-state index contributed by atoms with van der Waals surface area (Å²) in [7, 11) is -3.57. The number of rotatable bonds is 4. The molecule has 0 radical (unpaired) electrons. The van der Waals surface area contributed by atoms with Gasteiger partial charge in [0.2, 0.25) is 5.91 Å². The van der Waals surface area contributed by atoms with E-state index in [1.165, 1.54) is 20.8 Å². The molecule has 1 N–H and O–H groups in total. The van der Waals surface area contributed by atoms with Gasteiger partial charge in [-0.15, -0.1) is 0 Å². The fourth-order valence-corrected chi connectivity index (χ4v) is 1.38. The Balaban J connectivity index is 4.81. The smallest absolute Gasteiger partial charge is 0.328 e. The van der Waals surface area contributed by atoms with Crippen molar-refractivity contribution in [2.45, 2.75) is 57.9 Å². The summed E-state index contributed by atoms with van der Waals surface area (Å²) in [6, 6.07) is -0.909. The summed E-state index contributed by atoms with van der Waals surface area (Å²) in [4.78, 5) is 23.6. The third kappa shape index (κ3) is 5.18. The number of esters is 1. The zero-order chi connectivity index (χ0) is 15.6. The maximum atomic E-state index is 11.9. The molecule has 7 heteroatoms. The van der Waals surface area contributed by atoms with Crippen LogP contribution in [0.25, 0.3) is 0 Å². The molecule has 0 aliphatic carbocycles. The van der Waals surface area contributed by atoms with E-state index in [1.807, 2.05) is 0 Å². The summed E-state index contributed by atoms with van der Waals surface area (Å²) >= 11 is 0. The van der Waals surface area contributed by atoms with E-state index in [0.29, 0.717) is 0 Å². The van der Waals surface area contributed by atoms with Crippen LogP contribution in [0.1, 0.15) is 41.5 Å². The summed E-state index contributed by atoms with van der Waals surface area (Å²) in [5.41, 5.74) is -0.664. The minimum absolute atomic E-state index is 0.606. The number of ether oxygens (including phenoxy) is 1. The van der Waals surface area contributed by atoms with Crippen molar-refractivity contribution in [3.63, 3.8) is 0 Å². The average molecular weight is 293 g/mol. The molecule has 0 aliphatic rings. The predicted molar refractivity (Wildman–Crippen MR) is 72.4 cm³/mol. The van der Waals surface area contributed by atoms with Gasteiger partial charge in [-0.1, -0.05) is 0 Å². The van der Waals surface area contributed by atoms with Gasteiger partial charge in [-0.2, -0.15) is 0 Å². The number of amides is 1. The second kappa shape index (κ2) is 5.48. The monoisotopic (exact) mass is 293 g/mol. The standard InChI is InChI=1S/C12H23NO5S/c1-8(9(14)18-11(2,3)4)13-10(15)12(5,6)19(7,16)17/h8H,1-7H3,(H,13,15)/t8-/m1/s1. The molecule has 0 rings (SSSR count). The molecule has 0 aromatic heterocycles. The van der Waals surface area contributed by atoms with Crippen LogP contribution >= 0.6 is 0 Å². The molecule has 0 fully saturated rings. The van der Waals surface area contributed by atoms with Crippen LogP contribution < -0.4 is 5.32 Å². The van der Waals surface area contributed by atoms with Gasteiger partial charge in [0.1, 0.15) is 16.4 Å². The van der Waals surface area contributed by atoms with Crippen molar-refractivity contribution in [1.82, 2.24) is 5.32 Å². The Labute approximate surface area is 114 Å². The second-order valence-corrected chi connectivity index (χ2v) is 8.58. The van der Waals surface area contributed by atoms with Gasteiger partial charge in [0.25, 0.3) is 0 Å². The zero-order valence-corrected chi connectivity index (χ0v) is 13.3. The highest BCUT2D eigenvalue weighted by atomic mass is 32.2. The van der Waals surface area contributed by atoms with Crippen LogP contribution in [0.3, 0.4) is 0 Å². The van der Waals surface area contributed by atoms with E-state index in [9.17, 15) is 18.0 Å². The summed E-state index contributed by atoms with van der Waals surface area (Å²) in [6.45, 7) is 9.16. The van der Waals surface area contributed by atoms with Crippen molar-refractivity contribution < 1.29 is 22.7 Å². The fourth-order valence-electron chi connectivity index (χ4n) is 0.988. The normalized spacial score (nSPS) is 14.7. The topological polar surface area (TPSA) is 89.5 Å². The van der Waals surface area contributed by atoms with Gasteiger partial charge in [0.15, 0.2) is 9.84 Å². The van der Waals surface area contributed by atoms with Gasteiger partial charge < -0.3 is 10.1 Å². The highest BCUT2D eigenvalue weighted by Gasteiger charge is 2.39. The summed E-state index contributed by atoms with van der Waals surface area (Å²) in [5.74, 6) is -1.33. The lowest BCUT2D eigenvalue weighted by Gasteiger charge is -2.26. The van der Waals surface area contributed by atoms with Gasteiger partial charge in [-0.25, -0.2) is 13.2 Å². The maximum Gasteiger partial charge on any atom is 0.328 e. The molecule has 0 saturated carbocycles. The van der Waals surface area contributed by atoms with Gasteiger partial charge >= 0.3 is 5.97 Å². The molecule has 0 aromatic rings. The number of carbonyl (C=O) groups excluding carboxylic acids is 2. The first-order chi connectivity index (χ1) is 8.18. The Morgan fingerprint density at radius 3 is 1.84 bits per heavy atom. The van der Waals surface area contributed by atoms with E-state index < -0.39 is 38.1 Å². The largest absolute Gasteiger partial charge is 0.458 e. The lowest BCUT2D eigenvalue weighted by Crippen LogP contribution is -2.52. The van der Waals surface area contributed by atoms with Crippen molar-refractivity contribution in [3.05, 3.63) is 0 Å². The lowest BCUT2D eigenvalue weighted by molar-refractivity contribution is -0.158. The van der Waals surface area contributed by atoms with E-state index in [4.69, 9.17) is 4.74 Å². The summed E-state index contributed by atoms with van der Waals surface area (Å²) in [5, 5.41) is 2.36. The van der Waals surface area contributed by atoms with Gasteiger partial charge in [-0.3, -0.25) is 4.79 Å². The molecule has 0 saturated heterocycles. The Hall–Kier alpha value is -1.11. The van der Waals surface area contributed by atoms with Crippen LogP contribution in [0.2, 0.25) is 0 Å². The fraction of sp³-hybridized carbons (Fsp3) is 0.833. The van der Waals surface area contributed by atoms with Crippen LogP contribution in [-0.2, 0) is 24.2 Å². The van der Waals surface area contributed by atoms with Crippen molar-refractivity contribution in [2.75, 3.05) is 6.26 Å². The SMILES string of the molecule is C[C@@H](NC(=O)C(C)(C)S(C)(=O)=O)C(=O)OC(C)(C)C. The molecule has 0 bridgehead atoms. The molecule has 0 aromatic carbocycles. The Morgan fingerprint density at radius 1 is 1.11 bits per heavy atom. The first-order valence-electron chi connectivity index (χ1n) is 5.92. The maximum absolute atomic E-state index is 11.9. The lowest BCUT2D eigenvalue weighted by atomic mass is 10.1. The minimum atomic E-state index is -3.57. The van der Waals surface area contributed by atoms with Crippen molar-refractivity contribution in [3.8, 4) is 0 Å². The van der Waals surface area contributed by atoms with Crippen LogP contribution in [-0.4, -0.2) is 42.9 Å². The zero-order valence-electron chi connectivity index (χ0n) is 12.5. The molecule has 0 unspecified atom stereocenters. The summed E-state index contributed by atoms with van der Waals surface area (Å²) < 4.78 is 26.5. The first kappa shape index (κ1) is 17.9. The number of sulfone groups is 1. The third-order valence-corrected chi connectivity index (χ3v) is 4.62. The molecule has 6 nitrogen and oxygen atoms in total. The third-order valence-electron chi connectivity index (χ3n) is 2.58. The highest BCUT2D eigenvalue weighted by molar-refractivity contribution is 7.92. The van der Waals surface area contributed by atoms with E-state index in [-0.39, 0.29) is 0 Å². The molecule has 1 amide bonds.